The number of hydrogen-bond donors (Lipinski definition) is 0. The lowest BCUT2D eigenvalue weighted by molar-refractivity contribution is 0.0721. The number of rotatable bonds is 5. The van der Waals surface area contributed by atoms with Gasteiger partial charge in [-0.1, -0.05) is 43.6 Å². The highest BCUT2D eigenvalue weighted by atomic mass is 16.7. The second-order valence-electron chi connectivity index (χ2n) is 21.4. The van der Waals surface area contributed by atoms with Gasteiger partial charge in [0.05, 0.1) is 0 Å². The first-order chi connectivity index (χ1) is 41.7. The van der Waals surface area contributed by atoms with Gasteiger partial charge < -0.3 is 61.8 Å². The monoisotopic (exact) mass is 1160 g/mol. The van der Waals surface area contributed by atoms with Gasteiger partial charge in [0.2, 0.25) is 20.4 Å². The molecule has 2 aromatic heterocycles. The first-order valence-electron chi connectivity index (χ1n) is 29.3. The molecule has 0 atom stereocenters. The summed E-state index contributed by atoms with van der Waals surface area (Å²) < 4.78 is 41.8. The van der Waals surface area contributed by atoms with Gasteiger partial charge in [-0.3, -0.25) is 24.0 Å². The minimum atomic E-state index is 0.0308. The van der Waals surface area contributed by atoms with Crippen LogP contribution in [0.25, 0.3) is 22.2 Å². The Balaban J connectivity index is 0.000000111. The normalized spacial score (nSPS) is 17.1. The maximum absolute atomic E-state index is 12.5. The summed E-state index contributed by atoms with van der Waals surface area (Å²) in [6.45, 7) is 8.79. The summed E-state index contributed by atoms with van der Waals surface area (Å²) >= 11 is 0. The molecule has 0 N–H and O–H groups in total. The van der Waals surface area contributed by atoms with Gasteiger partial charge in [-0.25, -0.2) is 9.97 Å². The summed E-state index contributed by atoms with van der Waals surface area (Å²) in [5, 5.41) is 0. The van der Waals surface area contributed by atoms with Crippen LogP contribution in [0.1, 0.15) is 122 Å². The van der Waals surface area contributed by atoms with Crippen molar-refractivity contribution in [2.24, 2.45) is 0 Å². The van der Waals surface area contributed by atoms with E-state index in [-0.39, 0.29) is 49.9 Å². The number of carbonyl (C=O) groups excluding carboxylic acids is 5. The number of benzene rings is 5. The SMILES string of the molecule is O=C(c1ccc2c(c1)OCO2)N1CC=CC1.O=C(c1ccc2c(c1)OCO2)N1CCCC1.O=C(c1ccc2c(c1)OCO2)N1CCCCCCC1.O=C(c1ccc2ocnc2c1)N1CC=CCC1.O=C(c1ccc2ocnc2c1)N1CCCCC1. The molecule has 20 heteroatoms. The lowest BCUT2D eigenvalue weighted by Gasteiger charge is -2.26. The largest absolute Gasteiger partial charge is 0.454 e. The Morgan fingerprint density at radius 1 is 0.318 bits per heavy atom. The van der Waals surface area contributed by atoms with E-state index in [1.54, 1.807) is 77.7 Å². The average Bonchev–Trinajstić information content (AvgIpc) is 4.63. The van der Waals surface area contributed by atoms with E-state index < -0.39 is 0 Å². The summed E-state index contributed by atoms with van der Waals surface area (Å²) in [5.41, 5.74) is 6.30. The highest BCUT2D eigenvalue weighted by Gasteiger charge is 2.25. The maximum atomic E-state index is 12.5. The van der Waals surface area contributed by atoms with Gasteiger partial charge in [-0.05, 0) is 142 Å². The fourth-order valence-electron chi connectivity index (χ4n) is 10.9. The second kappa shape index (κ2) is 27.8. The minimum absolute atomic E-state index is 0.0308. The number of oxazole rings is 2. The molecule has 5 aromatic carbocycles. The van der Waals surface area contributed by atoms with Crippen LogP contribution in [-0.4, -0.2) is 150 Å². The molecule has 8 aliphatic rings. The zero-order chi connectivity index (χ0) is 58.3. The number of nitrogens with zero attached hydrogens (tertiary/aromatic N) is 7. The van der Waals surface area contributed by atoms with Crippen molar-refractivity contribution >= 4 is 51.7 Å². The van der Waals surface area contributed by atoms with Crippen LogP contribution in [-0.2, 0) is 0 Å². The lowest BCUT2D eigenvalue weighted by Crippen LogP contribution is -2.35. The topological polar surface area (TPSA) is 209 Å². The highest BCUT2D eigenvalue weighted by Crippen LogP contribution is 2.35. The van der Waals surface area contributed by atoms with Crippen molar-refractivity contribution in [1.29, 1.82) is 0 Å². The number of amides is 5. The minimum Gasteiger partial charge on any atom is -0.454 e. The smallest absolute Gasteiger partial charge is 0.254 e. The van der Waals surface area contributed by atoms with Crippen molar-refractivity contribution in [2.75, 3.05) is 85.8 Å². The van der Waals surface area contributed by atoms with Gasteiger partial charge in [0.15, 0.2) is 58.5 Å². The van der Waals surface area contributed by atoms with E-state index in [0.717, 1.165) is 119 Å². The zero-order valence-corrected chi connectivity index (χ0v) is 47.5. The van der Waals surface area contributed by atoms with Crippen molar-refractivity contribution in [3.8, 4) is 34.5 Å². The molecule has 15 rings (SSSR count). The molecule has 442 valence electrons. The standard InChI is InChI=1S/C15H19NO3.C13H14N2O2.C13H12N2O2.C12H13NO3.C12H11NO3/c17-15(16-8-4-2-1-3-5-9-16)12-6-7-13-14(10-12)19-11-18-13;2*16-13(15-6-2-1-3-7-15)10-4-5-12-11(8-10)14-9-17-12;2*14-12(13-5-1-2-6-13)9-3-4-10-11(7-9)16-8-15-10/h6-7,10H,1-5,8-9,11H2;4-5,8-9H,1-3,6-7H2;1-2,4-5,8-9H,3,6-7H2;3-4,7H,1-2,5-6,8H2;1-4,7H,5-6,8H2. The summed E-state index contributed by atoms with van der Waals surface area (Å²) in [4.78, 5) is 78.6. The van der Waals surface area contributed by atoms with Crippen molar-refractivity contribution in [1.82, 2.24) is 34.5 Å². The third-order valence-corrected chi connectivity index (χ3v) is 15.6. The van der Waals surface area contributed by atoms with Crippen LogP contribution in [0.15, 0.2) is 137 Å². The molecule has 0 saturated carbocycles. The molecule has 8 aliphatic heterocycles. The first-order valence-corrected chi connectivity index (χ1v) is 29.3. The van der Waals surface area contributed by atoms with Crippen LogP contribution in [0.5, 0.6) is 34.5 Å². The van der Waals surface area contributed by atoms with Crippen molar-refractivity contribution in [3.05, 3.63) is 156 Å². The summed E-state index contributed by atoms with van der Waals surface area (Å²) in [6, 6.07) is 26.9. The van der Waals surface area contributed by atoms with Crippen LogP contribution in [0.3, 0.4) is 0 Å². The molecule has 20 nitrogen and oxygen atoms in total. The van der Waals surface area contributed by atoms with Gasteiger partial charge in [-0.15, -0.1) is 0 Å². The van der Waals surface area contributed by atoms with E-state index in [4.69, 9.17) is 37.3 Å². The molecular weight excluding hydrogens is 1090 g/mol. The summed E-state index contributed by atoms with van der Waals surface area (Å²) in [7, 11) is 0. The number of likely N-dealkylation sites (tertiary alicyclic amines) is 3. The predicted octanol–water partition coefficient (Wildman–Crippen LogP) is 10.6. The molecule has 10 heterocycles. The van der Waals surface area contributed by atoms with Crippen LogP contribution in [0.4, 0.5) is 0 Å². The van der Waals surface area contributed by atoms with E-state index in [0.29, 0.717) is 76.0 Å². The number of fused-ring (bicyclic) bond motifs is 5. The van der Waals surface area contributed by atoms with Crippen molar-refractivity contribution < 1.29 is 61.2 Å². The molecular formula is C65H69N7O13. The fourth-order valence-corrected chi connectivity index (χ4v) is 10.9. The van der Waals surface area contributed by atoms with Crippen LogP contribution in [0, 0.1) is 0 Å². The highest BCUT2D eigenvalue weighted by molar-refractivity contribution is 5.99. The molecule has 0 aliphatic carbocycles. The quantitative estimate of drug-likeness (QED) is 0.147. The lowest BCUT2D eigenvalue weighted by atomic mass is 10.1. The molecule has 0 bridgehead atoms. The van der Waals surface area contributed by atoms with E-state index >= 15 is 0 Å². The predicted molar refractivity (Wildman–Crippen MR) is 314 cm³/mol. The molecule has 5 amide bonds. The molecule has 3 saturated heterocycles. The van der Waals surface area contributed by atoms with Gasteiger partial charge in [0.1, 0.15) is 11.0 Å². The number of carbonyl (C=O) groups is 5. The molecule has 0 radical (unpaired) electrons. The molecule has 3 fully saturated rings. The number of piperidine rings is 1. The van der Waals surface area contributed by atoms with Crippen LogP contribution < -0.4 is 28.4 Å². The number of aromatic nitrogens is 2. The van der Waals surface area contributed by atoms with Gasteiger partial charge in [0.25, 0.3) is 29.5 Å². The Labute approximate surface area is 492 Å². The van der Waals surface area contributed by atoms with E-state index in [1.165, 1.54) is 38.5 Å². The second-order valence-corrected chi connectivity index (χ2v) is 21.4. The Morgan fingerprint density at radius 3 is 1.05 bits per heavy atom. The summed E-state index contributed by atoms with van der Waals surface area (Å²) in [5.74, 6) is 4.55. The van der Waals surface area contributed by atoms with Crippen LogP contribution >= 0.6 is 0 Å². The Hall–Kier alpha value is -9.33. The van der Waals surface area contributed by atoms with E-state index in [2.05, 4.69) is 16.0 Å². The van der Waals surface area contributed by atoms with E-state index in [1.807, 2.05) is 56.0 Å². The van der Waals surface area contributed by atoms with Gasteiger partial charge in [-0.2, -0.15) is 0 Å². The third-order valence-electron chi connectivity index (χ3n) is 15.6. The third kappa shape index (κ3) is 14.4. The van der Waals surface area contributed by atoms with E-state index in [9.17, 15) is 24.0 Å². The number of ether oxygens (including phenoxy) is 6. The maximum Gasteiger partial charge on any atom is 0.254 e. The number of hydrogen-bond acceptors (Lipinski definition) is 15. The molecule has 0 unspecified atom stereocenters. The van der Waals surface area contributed by atoms with Crippen molar-refractivity contribution in [2.45, 2.75) is 70.6 Å². The Morgan fingerprint density at radius 2 is 0.635 bits per heavy atom. The van der Waals surface area contributed by atoms with Gasteiger partial charge >= 0.3 is 0 Å². The summed E-state index contributed by atoms with van der Waals surface area (Å²) in [6.07, 6.45) is 23.5. The molecule has 7 aromatic rings. The average molecular weight is 1160 g/mol. The fraction of sp³-hybridized carbons (Fsp3) is 0.369. The van der Waals surface area contributed by atoms with Crippen molar-refractivity contribution in [3.63, 3.8) is 0 Å². The first kappa shape index (κ1) is 57.5. The molecule has 85 heavy (non-hydrogen) atoms. The van der Waals surface area contributed by atoms with Gasteiger partial charge in [0, 0.05) is 93.3 Å². The van der Waals surface area contributed by atoms with Crippen LogP contribution in [0.2, 0.25) is 0 Å². The zero-order valence-electron chi connectivity index (χ0n) is 47.5. The molecule has 0 spiro atoms. The Kier molecular flexibility index (Phi) is 18.8. The Bertz CT molecular complexity index is 3480.